The van der Waals surface area contributed by atoms with Crippen molar-refractivity contribution < 1.29 is 43.7 Å². The zero-order valence-corrected chi connectivity index (χ0v) is 25.8. The highest BCUT2D eigenvalue weighted by molar-refractivity contribution is 7.91. The first-order valence-corrected chi connectivity index (χ1v) is 17.9. The number of aromatic nitrogens is 4. The molecule has 21 heteroatoms. The molecule has 0 unspecified atom stereocenters. The van der Waals surface area contributed by atoms with Crippen LogP contribution in [0.15, 0.2) is 87.0 Å². The van der Waals surface area contributed by atoms with Gasteiger partial charge in [-0.2, -0.15) is 8.61 Å². The van der Waals surface area contributed by atoms with Crippen LogP contribution in [0, 0.1) is 0 Å². The van der Waals surface area contributed by atoms with E-state index >= 15 is 0 Å². The van der Waals surface area contributed by atoms with Crippen LogP contribution in [0.25, 0.3) is 11.4 Å². The Labute approximate surface area is 255 Å². The van der Waals surface area contributed by atoms with Crippen LogP contribution in [0.1, 0.15) is 0 Å². The molecule has 0 spiro atoms. The molecule has 0 amide bonds. The van der Waals surface area contributed by atoms with E-state index in [2.05, 4.69) is 21.2 Å². The van der Waals surface area contributed by atoms with E-state index in [1.807, 2.05) is 0 Å². The maximum atomic E-state index is 13.4. The zero-order chi connectivity index (χ0) is 32.0. The predicted octanol–water partition coefficient (Wildman–Crippen LogP) is -3.18. The highest BCUT2D eigenvalue weighted by Gasteiger charge is 2.43. The number of aromatic amines is 2. The molecule has 2 saturated heterocycles. The van der Waals surface area contributed by atoms with Gasteiger partial charge in [-0.3, -0.25) is 9.05 Å². The molecule has 45 heavy (non-hydrogen) atoms. The van der Waals surface area contributed by atoms with Crippen molar-refractivity contribution in [1.82, 2.24) is 29.8 Å². The van der Waals surface area contributed by atoms with Gasteiger partial charge in [0.1, 0.15) is 0 Å². The van der Waals surface area contributed by atoms with Crippen molar-refractivity contribution in [1.29, 1.82) is 0 Å². The topological polar surface area (TPSA) is 233 Å². The number of sulfone groups is 1. The second-order valence-corrected chi connectivity index (χ2v) is 15.7. The van der Waals surface area contributed by atoms with Crippen LogP contribution < -0.4 is 31.2 Å². The Morgan fingerprint density at radius 3 is 1.22 bits per heavy atom. The first-order valence-electron chi connectivity index (χ1n) is 13.6. The van der Waals surface area contributed by atoms with Gasteiger partial charge in [0.05, 0.1) is 9.79 Å². The van der Waals surface area contributed by atoms with Crippen molar-refractivity contribution in [2.75, 3.05) is 52.4 Å². The maximum absolute atomic E-state index is 13.4. The number of nitrogens with zero attached hydrogens (tertiary/aromatic N) is 4. The molecule has 0 aliphatic carbocycles. The van der Waals surface area contributed by atoms with E-state index < -0.39 is 51.2 Å². The van der Waals surface area contributed by atoms with Crippen LogP contribution in [0.4, 0.5) is 0 Å². The average Bonchev–Trinajstić information content (AvgIpc) is 3.65. The summed E-state index contributed by atoms with van der Waals surface area (Å²) in [5.41, 5.74) is -1.96. The third-order valence-electron chi connectivity index (χ3n) is 7.35. The number of benzene rings is 2. The minimum absolute atomic E-state index is 0.127. The monoisotopic (exact) mass is 684 g/mol. The standard InChI is InChI=1S/C24H26N8O10S3/c33-23-21(44(37,38)29-13-9-25-10-14-29)31(27-41-23)17-1-5-19(6-2-17)43(35,36)20-7-3-18(4-8-20)32-22(24(34)42-28-32)45(39,40)30-15-11-26-12-16-30/h1-8,25-26H,9-16H2/p+2. The van der Waals surface area contributed by atoms with Crippen molar-refractivity contribution >= 4 is 29.9 Å². The Kier molecular flexibility index (Phi) is 8.09. The smallest absolute Gasteiger partial charge is 0.314 e. The van der Waals surface area contributed by atoms with Crippen LogP contribution in [-0.2, 0) is 29.9 Å². The number of nitrogens with one attached hydrogen (secondary N) is 4. The Hall–Kier alpha value is -3.99. The fraction of sp³-hybridized carbons (Fsp3) is 0.333. The van der Waals surface area contributed by atoms with E-state index in [-0.39, 0.29) is 47.3 Å². The first kappa shape index (κ1) is 31.0. The van der Waals surface area contributed by atoms with E-state index in [1.54, 1.807) is 0 Å². The molecule has 2 aromatic carbocycles. The van der Waals surface area contributed by atoms with Gasteiger partial charge in [0.25, 0.3) is 0 Å². The van der Waals surface area contributed by atoms with Crippen LogP contribution in [0.3, 0.4) is 0 Å². The molecule has 0 bridgehead atoms. The van der Waals surface area contributed by atoms with Crippen molar-refractivity contribution in [3.63, 3.8) is 0 Å². The lowest BCUT2D eigenvalue weighted by Crippen LogP contribution is -2.51. The lowest BCUT2D eigenvalue weighted by atomic mass is 10.3. The lowest BCUT2D eigenvalue weighted by molar-refractivity contribution is -0.706. The van der Waals surface area contributed by atoms with Crippen molar-refractivity contribution in [3.05, 3.63) is 69.4 Å². The second kappa shape index (κ2) is 11.7. The number of H-pyrrole nitrogens is 2. The van der Waals surface area contributed by atoms with Gasteiger partial charge in [0.2, 0.25) is 21.2 Å². The molecule has 4 heterocycles. The van der Waals surface area contributed by atoms with Crippen LogP contribution in [-0.4, -0.2) is 96.8 Å². The van der Waals surface area contributed by atoms with Gasteiger partial charge in [-0.15, -0.1) is 0 Å². The van der Waals surface area contributed by atoms with Crippen molar-refractivity contribution in [2.24, 2.45) is 0 Å². The van der Waals surface area contributed by atoms with Crippen molar-refractivity contribution in [2.45, 2.75) is 19.8 Å². The van der Waals surface area contributed by atoms with E-state index in [1.165, 1.54) is 48.5 Å². The number of sulfonamides is 2. The third-order valence-corrected chi connectivity index (χ3v) is 12.9. The fourth-order valence-electron chi connectivity index (χ4n) is 5.01. The number of hydrogen-bond donors (Lipinski definition) is 4. The largest absolute Gasteiger partial charge is 0.448 e. The first-order chi connectivity index (χ1) is 21.4. The Morgan fingerprint density at radius 1 is 0.556 bits per heavy atom. The van der Waals surface area contributed by atoms with Crippen LogP contribution in [0.5, 0.6) is 0 Å². The van der Waals surface area contributed by atoms with Crippen LogP contribution >= 0.6 is 0 Å². The third kappa shape index (κ3) is 5.55. The van der Waals surface area contributed by atoms with E-state index in [0.29, 0.717) is 26.2 Å². The normalized spacial score (nSPS) is 17.4. The summed E-state index contributed by atoms with van der Waals surface area (Å²) in [5.74, 6) is 0. The molecule has 18 nitrogen and oxygen atoms in total. The molecule has 0 saturated carbocycles. The number of piperazine rings is 2. The molecule has 2 fully saturated rings. The molecule has 240 valence electrons. The van der Waals surface area contributed by atoms with Gasteiger partial charge in [0.15, 0.2) is 0 Å². The second-order valence-electron chi connectivity index (χ2n) is 10.0. The summed E-state index contributed by atoms with van der Waals surface area (Å²) >= 11 is 0. The molecule has 0 radical (unpaired) electrons. The lowest BCUT2D eigenvalue weighted by Gasteiger charge is -2.24. The van der Waals surface area contributed by atoms with E-state index in [9.17, 15) is 34.8 Å². The summed E-state index contributed by atoms with van der Waals surface area (Å²) in [6, 6.07) is 10.2. The van der Waals surface area contributed by atoms with Gasteiger partial charge >= 0.3 is 41.3 Å². The minimum Gasteiger partial charge on any atom is -0.314 e. The van der Waals surface area contributed by atoms with Gasteiger partial charge in [-0.05, 0) is 44.2 Å². The molecule has 0 atom stereocenters. The molecular weight excluding hydrogens is 657 g/mol. The Balaban J connectivity index is 1.27. The summed E-state index contributed by atoms with van der Waals surface area (Å²) in [6.45, 7) is 2.29. The molecule has 4 aromatic rings. The fourth-order valence-corrected chi connectivity index (χ4v) is 9.34. The van der Waals surface area contributed by atoms with Gasteiger partial charge in [-0.25, -0.2) is 34.8 Å². The summed E-state index contributed by atoms with van der Waals surface area (Å²) in [4.78, 5) is 24.5. The molecule has 6 rings (SSSR count). The number of rotatable bonds is 8. The number of hydrogen-bond acceptors (Lipinski definition) is 12. The summed E-state index contributed by atoms with van der Waals surface area (Å²) < 4.78 is 93.4. The minimum atomic E-state index is -4.23. The van der Waals surface area contributed by atoms with Gasteiger partial charge < -0.3 is 10.6 Å². The predicted molar refractivity (Wildman–Crippen MR) is 150 cm³/mol. The van der Waals surface area contributed by atoms with Crippen molar-refractivity contribution in [3.8, 4) is 11.4 Å². The zero-order valence-electron chi connectivity index (χ0n) is 23.4. The quantitative estimate of drug-likeness (QED) is 0.135. The highest BCUT2D eigenvalue weighted by atomic mass is 32.2. The van der Waals surface area contributed by atoms with E-state index in [4.69, 9.17) is 9.05 Å². The van der Waals surface area contributed by atoms with Crippen LogP contribution in [0.2, 0.25) is 0 Å². The highest BCUT2D eigenvalue weighted by Crippen LogP contribution is 2.22. The summed E-state index contributed by atoms with van der Waals surface area (Å²) in [7, 11) is -12.6. The SMILES string of the molecule is O=c1o[nH][n+](-c2ccc(S(=O)(=O)c3ccc(-[n+]4[nH]oc(=O)c4S(=O)(=O)N4CCNCC4)cc3)cc2)c1S(=O)(=O)N1CCNCC1. The average molecular weight is 685 g/mol. The van der Waals surface area contributed by atoms with Gasteiger partial charge in [0, 0.05) is 76.6 Å². The molecule has 2 aliphatic rings. The molecule has 2 aliphatic heterocycles. The molecule has 4 N–H and O–H groups in total. The van der Waals surface area contributed by atoms with E-state index in [0.717, 1.165) is 18.0 Å². The molecule has 2 aromatic heterocycles. The molecular formula is C24H28N8O10S3+2. The summed E-state index contributed by atoms with van der Waals surface area (Å²) in [5, 5.41) is 9.29. The Bertz CT molecular complexity index is 2010. The maximum Gasteiger partial charge on any atom is 0.448 e. The Morgan fingerprint density at radius 2 is 0.889 bits per heavy atom. The summed E-state index contributed by atoms with van der Waals surface area (Å²) in [6.07, 6.45) is 0. The van der Waals surface area contributed by atoms with Gasteiger partial charge in [-0.1, -0.05) is 0 Å².